The lowest BCUT2D eigenvalue weighted by molar-refractivity contribution is -0.157. The molecule has 2 N–H and O–H groups in total. The number of hydrogen-bond acceptors (Lipinski definition) is 9. The number of imide groups is 1. The second kappa shape index (κ2) is 14.9. The topological polar surface area (TPSA) is 152 Å². The minimum atomic E-state index is -4.75. The van der Waals surface area contributed by atoms with Crippen molar-refractivity contribution >= 4 is 51.0 Å². The molecule has 5 aromatic rings. The van der Waals surface area contributed by atoms with Gasteiger partial charge in [0.05, 0.1) is 40.7 Å². The van der Waals surface area contributed by atoms with E-state index < -0.39 is 59.2 Å². The molecule has 2 atom stereocenters. The third-order valence-electron chi connectivity index (χ3n) is 11.4. The number of para-hydroxylation sites is 1. The third-order valence-corrected chi connectivity index (χ3v) is 11.4. The molecule has 3 aromatic heterocycles. The summed E-state index contributed by atoms with van der Waals surface area (Å²) in [4.78, 5) is 60.6. The van der Waals surface area contributed by atoms with Crippen molar-refractivity contribution in [3.63, 3.8) is 0 Å². The summed E-state index contributed by atoms with van der Waals surface area (Å²) >= 11 is 0. The van der Waals surface area contributed by atoms with Crippen molar-refractivity contribution in [2.45, 2.75) is 69.0 Å². The summed E-state index contributed by atoms with van der Waals surface area (Å²) < 4.78 is 88.0. The SMILES string of the molecule is Cn1c(=O)n(C2CCC(=O)NC2=O)c2cccc(N3CCN(CC4CCC(n5cc6cc(NC(=O)c7cncc(C(F)(F)F)n7)ccc6n5)CC4)C[C@H]3C(F)(F)F)c21. The van der Waals surface area contributed by atoms with Crippen LogP contribution in [0.4, 0.5) is 37.7 Å². The first-order valence-electron chi connectivity index (χ1n) is 18.8. The quantitative estimate of drug-likeness (QED) is 0.167. The fourth-order valence-electron chi connectivity index (χ4n) is 8.53. The molecule has 2 aromatic carbocycles. The Labute approximate surface area is 325 Å². The molecule has 0 spiro atoms. The predicted octanol–water partition coefficient (Wildman–Crippen LogP) is 5.21. The molecule has 20 heteroatoms. The number of amides is 3. The van der Waals surface area contributed by atoms with Crippen molar-refractivity contribution in [1.82, 2.24) is 39.1 Å². The molecular formula is C38H38F6N10O4. The number of carbonyl (C=O) groups is 3. The van der Waals surface area contributed by atoms with Crippen LogP contribution in [-0.2, 0) is 22.8 Å². The molecule has 8 rings (SSSR count). The number of anilines is 2. The maximum atomic E-state index is 14.8. The number of nitrogens with one attached hydrogen (secondary N) is 2. The molecule has 0 bridgehead atoms. The molecule has 1 aliphatic carbocycles. The molecule has 1 unspecified atom stereocenters. The lowest BCUT2D eigenvalue weighted by Crippen LogP contribution is -2.60. The summed E-state index contributed by atoms with van der Waals surface area (Å²) in [5.74, 6) is -1.76. The van der Waals surface area contributed by atoms with Crippen LogP contribution in [0.2, 0.25) is 0 Å². The molecule has 5 heterocycles. The van der Waals surface area contributed by atoms with Gasteiger partial charge in [-0.2, -0.15) is 31.4 Å². The van der Waals surface area contributed by atoms with E-state index in [1.54, 1.807) is 36.4 Å². The molecule has 306 valence electrons. The number of hydrogen-bond donors (Lipinski definition) is 2. The second-order valence-corrected chi connectivity index (χ2v) is 15.1. The Hall–Kier alpha value is -5.79. The van der Waals surface area contributed by atoms with Crippen LogP contribution in [0.15, 0.2) is 59.8 Å². The first-order chi connectivity index (χ1) is 27.5. The summed E-state index contributed by atoms with van der Waals surface area (Å²) in [6, 6.07) is 6.92. The number of piperazine rings is 1. The van der Waals surface area contributed by atoms with Gasteiger partial charge in [0.1, 0.15) is 17.8 Å². The average Bonchev–Trinajstić information content (AvgIpc) is 3.72. The summed E-state index contributed by atoms with van der Waals surface area (Å²) in [5, 5.41) is 10.2. The minimum absolute atomic E-state index is 0.0400. The number of alkyl halides is 6. The number of rotatable bonds is 7. The normalized spacial score (nSPS) is 22.4. The zero-order valence-corrected chi connectivity index (χ0v) is 31.1. The van der Waals surface area contributed by atoms with Gasteiger partial charge in [0.25, 0.3) is 5.91 Å². The molecule has 2 saturated heterocycles. The van der Waals surface area contributed by atoms with E-state index in [2.05, 4.69) is 20.6 Å². The maximum Gasteiger partial charge on any atom is 0.434 e. The average molecular weight is 813 g/mol. The van der Waals surface area contributed by atoms with E-state index in [0.717, 1.165) is 31.9 Å². The van der Waals surface area contributed by atoms with E-state index >= 15 is 0 Å². The number of imidazole rings is 1. The van der Waals surface area contributed by atoms with Gasteiger partial charge in [0, 0.05) is 56.9 Å². The summed E-state index contributed by atoms with van der Waals surface area (Å²) in [6.45, 7) is 0.661. The number of fused-ring (bicyclic) bond motifs is 2. The van der Waals surface area contributed by atoms with Gasteiger partial charge in [0.15, 0.2) is 5.69 Å². The fraction of sp³-hybridized carbons (Fsp3) is 0.447. The van der Waals surface area contributed by atoms with E-state index in [0.29, 0.717) is 41.4 Å². The fourth-order valence-corrected chi connectivity index (χ4v) is 8.53. The number of halogens is 6. The van der Waals surface area contributed by atoms with Crippen molar-refractivity contribution in [2.24, 2.45) is 13.0 Å². The number of carbonyl (C=O) groups excluding carboxylic acids is 3. The molecule has 3 amide bonds. The number of nitrogens with zero attached hydrogens (tertiary/aromatic N) is 8. The van der Waals surface area contributed by atoms with E-state index in [1.807, 2.05) is 15.8 Å². The molecule has 2 aliphatic heterocycles. The smallest absolute Gasteiger partial charge is 0.356 e. The summed E-state index contributed by atoms with van der Waals surface area (Å²) in [6.07, 6.45) is -2.82. The zero-order chi connectivity index (χ0) is 41.1. The summed E-state index contributed by atoms with van der Waals surface area (Å²) in [7, 11) is 1.47. The van der Waals surface area contributed by atoms with Gasteiger partial charge >= 0.3 is 18.0 Å². The van der Waals surface area contributed by atoms with Gasteiger partial charge in [-0.05, 0) is 68.4 Å². The number of piperidine rings is 1. The van der Waals surface area contributed by atoms with Crippen LogP contribution >= 0.6 is 0 Å². The van der Waals surface area contributed by atoms with Crippen LogP contribution in [0, 0.1) is 5.92 Å². The zero-order valence-electron chi connectivity index (χ0n) is 31.1. The van der Waals surface area contributed by atoms with Crippen molar-refractivity contribution in [3.8, 4) is 0 Å². The molecule has 3 aliphatic rings. The predicted molar refractivity (Wildman–Crippen MR) is 198 cm³/mol. The first kappa shape index (κ1) is 39.1. The Morgan fingerprint density at radius 1 is 0.966 bits per heavy atom. The monoisotopic (exact) mass is 812 g/mol. The maximum absolute atomic E-state index is 14.8. The van der Waals surface area contributed by atoms with Crippen molar-refractivity contribution in [1.29, 1.82) is 0 Å². The standard InChI is InChI=1S/C38H38F6N10O4/c1-50-33-27(3-2-4-28(33)54(36(50)58)29-11-12-32(55)48-35(29)57)52-14-13-51(20-31(52)38(42,43)44)18-21-5-8-24(9-6-21)53-19-22-15-23(7-10-25(22)49-53)46-34(56)26-16-45-17-30(47-26)37(39,40)41/h2-4,7,10,15-17,19,21,24,29,31H,5-6,8-9,11-14,18,20H2,1H3,(H,46,56)(H,48,55,57)/t21?,24?,29?,31-/m0/s1. The third kappa shape index (κ3) is 7.51. The van der Waals surface area contributed by atoms with Gasteiger partial charge < -0.3 is 10.2 Å². The van der Waals surface area contributed by atoms with Crippen LogP contribution in [0.1, 0.15) is 66.8 Å². The van der Waals surface area contributed by atoms with E-state index in [1.165, 1.54) is 21.1 Å². The highest BCUT2D eigenvalue weighted by atomic mass is 19.4. The van der Waals surface area contributed by atoms with Gasteiger partial charge in [-0.25, -0.2) is 9.78 Å². The van der Waals surface area contributed by atoms with Crippen molar-refractivity contribution in [3.05, 3.63) is 76.9 Å². The van der Waals surface area contributed by atoms with Gasteiger partial charge in [-0.3, -0.25) is 43.4 Å². The molecule has 14 nitrogen and oxygen atoms in total. The second-order valence-electron chi connectivity index (χ2n) is 15.1. The van der Waals surface area contributed by atoms with E-state index in [4.69, 9.17) is 5.10 Å². The molecule has 1 saturated carbocycles. The van der Waals surface area contributed by atoms with Gasteiger partial charge in [-0.15, -0.1) is 0 Å². The summed E-state index contributed by atoms with van der Waals surface area (Å²) in [5.41, 5.74) is -0.473. The first-order valence-corrected chi connectivity index (χ1v) is 18.8. The van der Waals surface area contributed by atoms with Crippen LogP contribution in [0.3, 0.4) is 0 Å². The van der Waals surface area contributed by atoms with E-state index in [-0.39, 0.29) is 49.1 Å². The van der Waals surface area contributed by atoms with Gasteiger partial charge in [0.2, 0.25) is 11.8 Å². The molecule has 3 fully saturated rings. The Kier molecular flexibility index (Phi) is 10.0. The Balaban J connectivity index is 0.913. The highest BCUT2D eigenvalue weighted by molar-refractivity contribution is 6.03. The number of aromatic nitrogens is 6. The highest BCUT2D eigenvalue weighted by Crippen LogP contribution is 2.38. The Bertz CT molecular complexity index is 2470. The molecule has 58 heavy (non-hydrogen) atoms. The lowest BCUT2D eigenvalue weighted by atomic mass is 9.85. The van der Waals surface area contributed by atoms with Crippen LogP contribution in [0.25, 0.3) is 21.9 Å². The van der Waals surface area contributed by atoms with Gasteiger partial charge in [-0.1, -0.05) is 6.07 Å². The van der Waals surface area contributed by atoms with E-state index in [9.17, 15) is 45.5 Å². The lowest BCUT2D eigenvalue weighted by Gasteiger charge is -2.44. The number of benzene rings is 2. The highest BCUT2D eigenvalue weighted by Gasteiger charge is 2.48. The van der Waals surface area contributed by atoms with Crippen LogP contribution in [0.5, 0.6) is 0 Å². The Morgan fingerprint density at radius 3 is 2.47 bits per heavy atom. The van der Waals surface area contributed by atoms with Crippen LogP contribution < -0.4 is 21.2 Å². The molecular weight excluding hydrogens is 774 g/mol. The van der Waals surface area contributed by atoms with Crippen molar-refractivity contribution in [2.75, 3.05) is 36.4 Å². The van der Waals surface area contributed by atoms with Crippen LogP contribution in [-0.4, -0.2) is 89.9 Å². The van der Waals surface area contributed by atoms with Crippen molar-refractivity contribution < 1.29 is 40.7 Å². The number of aryl methyl sites for hydroxylation is 1. The largest absolute Gasteiger partial charge is 0.434 e. The Morgan fingerprint density at radius 2 is 1.74 bits per heavy atom. The minimum Gasteiger partial charge on any atom is -0.356 e. The molecule has 0 radical (unpaired) electrons.